The summed E-state index contributed by atoms with van der Waals surface area (Å²) in [6.07, 6.45) is 5.45. The van der Waals surface area contributed by atoms with E-state index in [0.717, 1.165) is 5.56 Å². The molecule has 0 aliphatic carbocycles. The van der Waals surface area contributed by atoms with Gasteiger partial charge in [0.1, 0.15) is 17.7 Å². The molecule has 132 valence electrons. The molecule has 5 nitrogen and oxygen atoms in total. The average Bonchev–Trinajstić information content (AvgIpc) is 3.15. The van der Waals surface area contributed by atoms with E-state index in [-0.39, 0.29) is 0 Å². The molecule has 0 saturated heterocycles. The van der Waals surface area contributed by atoms with Crippen LogP contribution >= 0.6 is 0 Å². The van der Waals surface area contributed by atoms with Crippen LogP contribution in [0.15, 0.2) is 60.9 Å². The highest BCUT2D eigenvalue weighted by molar-refractivity contribution is 6.24. The van der Waals surface area contributed by atoms with Crippen molar-refractivity contribution in [2.75, 3.05) is 5.73 Å². The SMILES string of the molecule is Nc1ncnc2nc(/C=C/c3ccc4ccc5cccc6ccc3c4c56)[nH]c12. The van der Waals surface area contributed by atoms with Gasteiger partial charge >= 0.3 is 0 Å². The molecule has 0 fully saturated rings. The van der Waals surface area contributed by atoms with E-state index >= 15 is 0 Å². The van der Waals surface area contributed by atoms with Gasteiger partial charge in [-0.25, -0.2) is 15.0 Å². The van der Waals surface area contributed by atoms with Crippen molar-refractivity contribution in [2.24, 2.45) is 0 Å². The van der Waals surface area contributed by atoms with Crippen LogP contribution in [0.1, 0.15) is 11.4 Å². The summed E-state index contributed by atoms with van der Waals surface area (Å²) in [6.45, 7) is 0. The Bertz CT molecular complexity index is 1510. The number of aromatic amines is 1. The minimum Gasteiger partial charge on any atom is -0.382 e. The summed E-state index contributed by atoms with van der Waals surface area (Å²) in [5.74, 6) is 1.10. The fourth-order valence-electron chi connectivity index (χ4n) is 4.02. The number of H-pyrrole nitrogens is 1. The van der Waals surface area contributed by atoms with Crippen molar-refractivity contribution in [3.8, 4) is 0 Å². The van der Waals surface area contributed by atoms with Crippen LogP contribution in [0.25, 0.3) is 55.6 Å². The van der Waals surface area contributed by atoms with E-state index in [4.69, 9.17) is 5.73 Å². The van der Waals surface area contributed by atoms with Gasteiger partial charge in [-0.05, 0) is 44.0 Å². The van der Waals surface area contributed by atoms with Gasteiger partial charge in [-0.3, -0.25) is 0 Å². The number of rotatable bonds is 2. The Hall–Kier alpha value is -3.99. The number of nitrogen functional groups attached to an aromatic ring is 1. The third-order valence-corrected chi connectivity index (χ3v) is 5.32. The maximum Gasteiger partial charge on any atom is 0.183 e. The number of hydrogen-bond acceptors (Lipinski definition) is 4. The molecular formula is C23H15N5. The zero-order chi connectivity index (χ0) is 18.7. The summed E-state index contributed by atoms with van der Waals surface area (Å²) in [5, 5.41) is 7.64. The first-order valence-electron chi connectivity index (χ1n) is 9.09. The molecule has 6 rings (SSSR count). The van der Waals surface area contributed by atoms with Crippen molar-refractivity contribution in [3.05, 3.63) is 72.3 Å². The lowest BCUT2D eigenvalue weighted by atomic mass is 9.92. The van der Waals surface area contributed by atoms with Gasteiger partial charge in [0.05, 0.1) is 0 Å². The zero-order valence-electron chi connectivity index (χ0n) is 14.8. The van der Waals surface area contributed by atoms with E-state index in [9.17, 15) is 0 Å². The van der Waals surface area contributed by atoms with E-state index in [0.29, 0.717) is 22.8 Å². The molecule has 0 atom stereocenters. The number of fused-ring (bicyclic) bond motifs is 1. The smallest absolute Gasteiger partial charge is 0.183 e. The topological polar surface area (TPSA) is 80.5 Å². The normalized spacial score (nSPS) is 12.3. The lowest BCUT2D eigenvalue weighted by Crippen LogP contribution is -1.91. The van der Waals surface area contributed by atoms with Crippen LogP contribution in [0.2, 0.25) is 0 Å². The standard InChI is InChI=1S/C23H15N5/c24-22-21-23(26-12-25-22)28-18(27-21)11-9-13-4-5-16-7-6-14-2-1-3-15-8-10-17(13)20(16)19(14)15/h1-12H,(H3,24,25,26,27,28)/b11-9+. The van der Waals surface area contributed by atoms with Crippen molar-refractivity contribution in [1.29, 1.82) is 0 Å². The maximum atomic E-state index is 5.89. The van der Waals surface area contributed by atoms with Crippen LogP contribution in [0.3, 0.4) is 0 Å². The van der Waals surface area contributed by atoms with Crippen molar-refractivity contribution >= 4 is 61.5 Å². The van der Waals surface area contributed by atoms with Gasteiger partial charge in [0, 0.05) is 0 Å². The predicted octanol–water partition coefficient (Wildman–Crippen LogP) is 5.00. The molecule has 2 aromatic heterocycles. The van der Waals surface area contributed by atoms with Gasteiger partial charge in [-0.15, -0.1) is 0 Å². The van der Waals surface area contributed by atoms with Crippen molar-refractivity contribution in [3.63, 3.8) is 0 Å². The Morgan fingerprint density at radius 3 is 2.36 bits per heavy atom. The summed E-state index contributed by atoms with van der Waals surface area (Å²) >= 11 is 0. The maximum absolute atomic E-state index is 5.89. The molecule has 5 heteroatoms. The van der Waals surface area contributed by atoms with E-state index in [1.54, 1.807) is 0 Å². The Labute approximate surface area is 159 Å². The van der Waals surface area contributed by atoms with E-state index < -0.39 is 0 Å². The minimum absolute atomic E-state index is 0.403. The summed E-state index contributed by atoms with van der Waals surface area (Å²) in [5.41, 5.74) is 8.27. The number of nitrogens with one attached hydrogen (secondary N) is 1. The first kappa shape index (κ1) is 15.1. The molecule has 2 heterocycles. The third-order valence-electron chi connectivity index (χ3n) is 5.32. The molecule has 0 unspecified atom stereocenters. The largest absolute Gasteiger partial charge is 0.382 e. The number of nitrogens with zero attached hydrogens (tertiary/aromatic N) is 3. The van der Waals surface area contributed by atoms with Crippen LogP contribution in [0, 0.1) is 0 Å². The fraction of sp³-hybridized carbons (Fsp3) is 0. The predicted molar refractivity (Wildman–Crippen MR) is 115 cm³/mol. The van der Waals surface area contributed by atoms with Crippen LogP contribution < -0.4 is 5.73 Å². The Kier molecular flexibility index (Phi) is 2.97. The molecule has 0 radical (unpaired) electrons. The van der Waals surface area contributed by atoms with E-state index in [2.05, 4.69) is 80.6 Å². The van der Waals surface area contributed by atoms with Crippen LogP contribution in [0.5, 0.6) is 0 Å². The number of anilines is 1. The molecule has 28 heavy (non-hydrogen) atoms. The van der Waals surface area contributed by atoms with Gasteiger partial charge in [0.2, 0.25) is 0 Å². The van der Waals surface area contributed by atoms with Crippen LogP contribution in [-0.2, 0) is 0 Å². The van der Waals surface area contributed by atoms with Gasteiger partial charge in [0.15, 0.2) is 11.5 Å². The summed E-state index contributed by atoms with van der Waals surface area (Å²) < 4.78 is 0. The highest BCUT2D eigenvalue weighted by atomic mass is 15.0. The quantitative estimate of drug-likeness (QED) is 0.425. The third kappa shape index (κ3) is 2.10. The number of aromatic nitrogens is 4. The van der Waals surface area contributed by atoms with Crippen LogP contribution in [0.4, 0.5) is 5.82 Å². The van der Waals surface area contributed by atoms with Crippen molar-refractivity contribution < 1.29 is 0 Å². The number of hydrogen-bond donors (Lipinski definition) is 2. The minimum atomic E-state index is 0.403. The lowest BCUT2D eigenvalue weighted by Gasteiger charge is -2.12. The van der Waals surface area contributed by atoms with Crippen molar-refractivity contribution in [1.82, 2.24) is 19.9 Å². The van der Waals surface area contributed by atoms with Gasteiger partial charge < -0.3 is 10.7 Å². The second-order valence-corrected chi connectivity index (χ2v) is 6.92. The molecule has 0 aliphatic heterocycles. The second kappa shape index (κ2) is 5.50. The highest BCUT2D eigenvalue weighted by Gasteiger charge is 2.10. The van der Waals surface area contributed by atoms with Crippen LogP contribution in [-0.4, -0.2) is 19.9 Å². The lowest BCUT2D eigenvalue weighted by molar-refractivity contribution is 1.20. The average molecular weight is 361 g/mol. The highest BCUT2D eigenvalue weighted by Crippen LogP contribution is 2.36. The monoisotopic (exact) mass is 361 g/mol. The first-order chi connectivity index (χ1) is 13.8. The molecule has 4 aromatic carbocycles. The van der Waals surface area contributed by atoms with E-state index in [1.807, 2.05) is 6.08 Å². The first-order valence-corrected chi connectivity index (χ1v) is 9.09. The number of imidazole rings is 1. The molecular weight excluding hydrogens is 346 g/mol. The molecule has 0 spiro atoms. The second-order valence-electron chi connectivity index (χ2n) is 6.92. The Balaban J connectivity index is 1.55. The van der Waals surface area contributed by atoms with Crippen molar-refractivity contribution in [2.45, 2.75) is 0 Å². The van der Waals surface area contributed by atoms with Gasteiger partial charge in [-0.2, -0.15) is 0 Å². The summed E-state index contributed by atoms with van der Waals surface area (Å²) in [7, 11) is 0. The molecule has 0 bridgehead atoms. The molecule has 0 aliphatic rings. The number of nitrogens with two attached hydrogens (primary N) is 1. The molecule has 0 saturated carbocycles. The summed E-state index contributed by atoms with van der Waals surface area (Å²) in [4.78, 5) is 15.8. The fourth-order valence-corrected chi connectivity index (χ4v) is 4.02. The number of benzene rings is 4. The van der Waals surface area contributed by atoms with E-state index in [1.165, 1.54) is 38.6 Å². The Morgan fingerprint density at radius 1 is 0.786 bits per heavy atom. The molecule has 6 aromatic rings. The molecule has 3 N–H and O–H groups in total. The zero-order valence-corrected chi connectivity index (χ0v) is 14.8. The van der Waals surface area contributed by atoms with Gasteiger partial charge in [-0.1, -0.05) is 60.7 Å². The Morgan fingerprint density at radius 2 is 1.54 bits per heavy atom. The summed E-state index contributed by atoms with van der Waals surface area (Å²) in [6, 6.07) is 19.6. The van der Waals surface area contributed by atoms with Gasteiger partial charge in [0.25, 0.3) is 0 Å². The molecule has 0 amide bonds.